The van der Waals surface area contributed by atoms with Crippen molar-refractivity contribution in [2.45, 2.75) is 58.3 Å². The Morgan fingerprint density at radius 3 is 2.47 bits per heavy atom. The molecule has 2 atom stereocenters. The summed E-state index contributed by atoms with van der Waals surface area (Å²) < 4.78 is 16.5. The molecular weight excluding hydrogens is 454 g/mol. The summed E-state index contributed by atoms with van der Waals surface area (Å²) in [6.07, 6.45) is 2.76. The van der Waals surface area contributed by atoms with E-state index in [1.165, 1.54) is 0 Å². The van der Waals surface area contributed by atoms with Gasteiger partial charge in [0.25, 0.3) is 0 Å². The summed E-state index contributed by atoms with van der Waals surface area (Å²) in [6, 6.07) is 13.9. The number of ketones is 1. The van der Waals surface area contributed by atoms with Crippen molar-refractivity contribution >= 4 is 11.8 Å². The van der Waals surface area contributed by atoms with E-state index >= 15 is 0 Å². The second-order valence-electron chi connectivity index (χ2n) is 9.54. The lowest BCUT2D eigenvalue weighted by Gasteiger charge is -2.37. The molecule has 190 valence electrons. The van der Waals surface area contributed by atoms with Crippen LogP contribution in [0.25, 0.3) is 0 Å². The van der Waals surface area contributed by atoms with Crippen LogP contribution in [0.5, 0.6) is 11.5 Å². The third-order valence-corrected chi connectivity index (χ3v) is 7.03. The molecule has 36 heavy (non-hydrogen) atoms. The largest absolute Gasteiger partial charge is 0.493 e. The molecule has 0 unspecified atom stereocenters. The molecule has 2 aromatic carbocycles. The van der Waals surface area contributed by atoms with Crippen molar-refractivity contribution in [3.05, 3.63) is 81.7 Å². The van der Waals surface area contributed by atoms with E-state index in [2.05, 4.69) is 18.3 Å². The first kappa shape index (κ1) is 25.5. The maximum absolute atomic E-state index is 13.8. The van der Waals surface area contributed by atoms with E-state index in [1.54, 1.807) is 14.2 Å². The molecule has 0 amide bonds. The van der Waals surface area contributed by atoms with E-state index in [0.29, 0.717) is 42.1 Å². The average molecular weight is 490 g/mol. The zero-order valence-electron chi connectivity index (χ0n) is 21.8. The minimum Gasteiger partial charge on any atom is -0.493 e. The fraction of sp³-hybridized carbons (Fsp3) is 0.400. The number of nitrogens with one attached hydrogen (secondary N) is 1. The highest BCUT2D eigenvalue weighted by atomic mass is 16.5. The molecule has 0 fully saturated rings. The molecule has 1 N–H and O–H groups in total. The number of hydrogen-bond donors (Lipinski definition) is 1. The van der Waals surface area contributed by atoms with Crippen molar-refractivity contribution in [3.8, 4) is 11.5 Å². The fourth-order valence-electron chi connectivity index (χ4n) is 5.22. The Bertz CT molecular complexity index is 1230. The van der Waals surface area contributed by atoms with Crippen molar-refractivity contribution in [1.29, 1.82) is 0 Å². The number of rotatable bonds is 8. The Balaban J connectivity index is 1.74. The highest BCUT2D eigenvalue weighted by molar-refractivity contribution is 6.04. The van der Waals surface area contributed by atoms with Crippen LogP contribution in [0.3, 0.4) is 0 Å². The van der Waals surface area contributed by atoms with Gasteiger partial charge in [-0.3, -0.25) is 4.79 Å². The van der Waals surface area contributed by atoms with Gasteiger partial charge in [-0.25, -0.2) is 4.79 Å². The summed E-state index contributed by atoms with van der Waals surface area (Å²) in [5.74, 6) is 0.526. The number of Topliss-reactive ketones (excluding diaryl/α,β-unsaturated/α-hetero) is 1. The lowest BCUT2D eigenvalue weighted by molar-refractivity contribution is -0.139. The van der Waals surface area contributed by atoms with E-state index in [0.717, 1.165) is 40.9 Å². The SMILES string of the molecule is CCCCOC(=O)C1=C(C)NC2=C(C(=O)C[C@@H](c3ccc(OC)c(OC)c3)C2)[C@H]1c1cccc(C)c1. The van der Waals surface area contributed by atoms with Crippen LogP contribution in [0.15, 0.2) is 65.0 Å². The summed E-state index contributed by atoms with van der Waals surface area (Å²) >= 11 is 0. The summed E-state index contributed by atoms with van der Waals surface area (Å²) in [6.45, 7) is 6.34. The van der Waals surface area contributed by atoms with Gasteiger partial charge in [-0.2, -0.15) is 0 Å². The van der Waals surface area contributed by atoms with Crippen LogP contribution in [-0.2, 0) is 14.3 Å². The van der Waals surface area contributed by atoms with Gasteiger partial charge in [0.1, 0.15) is 0 Å². The van der Waals surface area contributed by atoms with Crippen LogP contribution in [0, 0.1) is 6.92 Å². The van der Waals surface area contributed by atoms with Gasteiger partial charge in [0, 0.05) is 29.3 Å². The van der Waals surface area contributed by atoms with Gasteiger partial charge in [-0.1, -0.05) is 49.2 Å². The monoisotopic (exact) mass is 489 g/mol. The Kier molecular flexibility index (Phi) is 7.82. The van der Waals surface area contributed by atoms with Gasteiger partial charge in [0.2, 0.25) is 0 Å². The zero-order valence-corrected chi connectivity index (χ0v) is 21.8. The molecule has 0 radical (unpaired) electrons. The summed E-state index contributed by atoms with van der Waals surface area (Å²) in [5, 5.41) is 3.42. The number of ether oxygens (including phenoxy) is 3. The van der Waals surface area contributed by atoms with Crippen molar-refractivity contribution < 1.29 is 23.8 Å². The predicted octanol–water partition coefficient (Wildman–Crippen LogP) is 5.72. The molecule has 0 bridgehead atoms. The van der Waals surface area contributed by atoms with E-state index in [9.17, 15) is 9.59 Å². The Hall–Kier alpha value is -3.54. The van der Waals surface area contributed by atoms with Gasteiger partial charge in [-0.15, -0.1) is 0 Å². The molecule has 4 rings (SSSR count). The summed E-state index contributed by atoms with van der Waals surface area (Å²) in [5.41, 5.74) is 5.84. The maximum atomic E-state index is 13.8. The number of carbonyl (C=O) groups is 2. The second-order valence-corrected chi connectivity index (χ2v) is 9.54. The molecule has 1 aliphatic carbocycles. The number of esters is 1. The van der Waals surface area contributed by atoms with Crippen molar-refractivity contribution in [2.24, 2.45) is 0 Å². The van der Waals surface area contributed by atoms with Gasteiger partial charge in [0.15, 0.2) is 17.3 Å². The van der Waals surface area contributed by atoms with Crippen LogP contribution in [0.1, 0.15) is 68.1 Å². The molecule has 0 saturated heterocycles. The zero-order chi connectivity index (χ0) is 25.8. The topological polar surface area (TPSA) is 73.9 Å². The molecular formula is C30H35NO5. The number of dihydropyridines is 1. The number of benzene rings is 2. The predicted molar refractivity (Wildman–Crippen MR) is 139 cm³/mol. The molecule has 2 aliphatic rings. The van der Waals surface area contributed by atoms with Crippen molar-refractivity contribution in [3.63, 3.8) is 0 Å². The summed E-state index contributed by atoms with van der Waals surface area (Å²) in [7, 11) is 3.22. The average Bonchev–Trinajstić information content (AvgIpc) is 2.87. The van der Waals surface area contributed by atoms with Crippen LogP contribution >= 0.6 is 0 Å². The molecule has 0 aromatic heterocycles. The molecule has 1 heterocycles. The molecule has 1 aliphatic heterocycles. The van der Waals surface area contributed by atoms with E-state index < -0.39 is 5.92 Å². The van der Waals surface area contributed by atoms with Gasteiger partial charge >= 0.3 is 5.97 Å². The Morgan fingerprint density at radius 1 is 1.00 bits per heavy atom. The van der Waals surface area contributed by atoms with Gasteiger partial charge in [-0.05, 0) is 55.9 Å². The Labute approximate surface area is 213 Å². The van der Waals surface area contributed by atoms with E-state index in [1.807, 2.05) is 50.2 Å². The van der Waals surface area contributed by atoms with Crippen molar-refractivity contribution in [2.75, 3.05) is 20.8 Å². The van der Waals surface area contributed by atoms with Gasteiger partial charge < -0.3 is 19.5 Å². The first-order valence-electron chi connectivity index (χ1n) is 12.6. The third-order valence-electron chi connectivity index (χ3n) is 7.03. The molecule has 6 nitrogen and oxygen atoms in total. The normalized spacial score (nSPS) is 19.5. The van der Waals surface area contributed by atoms with Crippen LogP contribution < -0.4 is 14.8 Å². The highest BCUT2D eigenvalue weighted by Gasteiger charge is 2.41. The molecule has 2 aromatic rings. The number of aryl methyl sites for hydroxylation is 1. The minimum absolute atomic E-state index is 0.00688. The van der Waals surface area contributed by atoms with E-state index in [4.69, 9.17) is 14.2 Å². The lowest BCUT2D eigenvalue weighted by Crippen LogP contribution is -2.36. The minimum atomic E-state index is -0.450. The van der Waals surface area contributed by atoms with Crippen LogP contribution in [-0.4, -0.2) is 32.6 Å². The fourth-order valence-corrected chi connectivity index (χ4v) is 5.22. The number of carbonyl (C=O) groups excluding carboxylic acids is 2. The first-order chi connectivity index (χ1) is 17.4. The number of methoxy groups -OCH3 is 2. The maximum Gasteiger partial charge on any atom is 0.336 e. The quantitative estimate of drug-likeness (QED) is 0.378. The number of hydrogen-bond acceptors (Lipinski definition) is 6. The lowest BCUT2D eigenvalue weighted by atomic mass is 9.71. The molecule has 6 heteroatoms. The van der Waals surface area contributed by atoms with Crippen LogP contribution in [0.4, 0.5) is 0 Å². The standard InChI is InChI=1S/C30H35NO5/c1-6-7-13-36-30(33)27-19(3)31-23-15-22(20-11-12-25(34-4)26(17-20)35-5)16-24(32)29(23)28(27)21-10-8-9-18(2)14-21/h8-12,14,17,22,28,31H,6-7,13,15-16H2,1-5H3/t22-,28-/m0/s1. The van der Waals surface area contributed by atoms with Crippen molar-refractivity contribution in [1.82, 2.24) is 5.32 Å². The number of allylic oxidation sites excluding steroid dienone is 3. The van der Waals surface area contributed by atoms with Gasteiger partial charge in [0.05, 0.1) is 26.4 Å². The Morgan fingerprint density at radius 2 is 1.78 bits per heavy atom. The second kappa shape index (κ2) is 11.0. The summed E-state index contributed by atoms with van der Waals surface area (Å²) in [4.78, 5) is 27.0. The molecule has 0 saturated carbocycles. The first-order valence-corrected chi connectivity index (χ1v) is 12.6. The third kappa shape index (κ3) is 5.03. The molecule has 0 spiro atoms. The smallest absolute Gasteiger partial charge is 0.336 e. The van der Waals surface area contributed by atoms with Crippen LogP contribution in [0.2, 0.25) is 0 Å². The van der Waals surface area contributed by atoms with E-state index in [-0.39, 0.29) is 17.7 Å². The number of unbranched alkanes of at least 4 members (excludes halogenated alkanes) is 1. The highest BCUT2D eigenvalue weighted by Crippen LogP contribution is 2.46.